The molecule has 3 N–H and O–H groups in total. The summed E-state index contributed by atoms with van der Waals surface area (Å²) in [6.45, 7) is -0.589. The fourth-order valence-corrected chi connectivity index (χ4v) is 2.68. The van der Waals surface area contributed by atoms with Gasteiger partial charge in [0, 0.05) is 12.6 Å². The van der Waals surface area contributed by atoms with Gasteiger partial charge in [-0.05, 0) is 4.92 Å². The highest BCUT2D eigenvalue weighted by molar-refractivity contribution is 5.13. The number of aliphatic hydroxyl groups excluding tert-OH is 2. The molecule has 2 aromatic heterocycles. The molecule has 1 fully saturated rings. The Bertz CT molecular complexity index is 901. The monoisotopic (exact) mass is 353 g/mol. The van der Waals surface area contributed by atoms with Gasteiger partial charge in [-0.1, -0.05) is 4.98 Å². The number of aromatic nitrogens is 4. The van der Waals surface area contributed by atoms with E-state index in [-0.39, 0.29) is 18.5 Å². The quantitative estimate of drug-likeness (QED) is 0.424. The highest BCUT2D eigenvalue weighted by Crippen LogP contribution is 2.27. The number of nitrogens with zero attached hydrogens (tertiary/aromatic N) is 4. The second-order valence-corrected chi connectivity index (χ2v) is 5.55. The fraction of sp³-hybridized carbons (Fsp3) is 0.462. The highest BCUT2D eigenvalue weighted by atomic mass is 16.6. The molecule has 3 atom stereocenters. The van der Waals surface area contributed by atoms with E-state index in [0.717, 1.165) is 9.13 Å². The molecule has 0 saturated carbocycles. The second kappa shape index (κ2) is 6.58. The number of nitro groups is 1. The van der Waals surface area contributed by atoms with Crippen LogP contribution in [0.1, 0.15) is 18.2 Å². The molecule has 1 aliphatic heterocycles. The maximum atomic E-state index is 12.0. The average Bonchev–Trinajstić information content (AvgIpc) is 3.16. The second-order valence-electron chi connectivity index (χ2n) is 5.55. The van der Waals surface area contributed by atoms with E-state index in [2.05, 4.69) is 9.97 Å². The van der Waals surface area contributed by atoms with Crippen molar-refractivity contribution in [2.45, 2.75) is 31.4 Å². The number of hydrogen-bond acceptors (Lipinski definition) is 8. The summed E-state index contributed by atoms with van der Waals surface area (Å²) in [5.41, 5.74) is -1.36. The minimum Gasteiger partial charge on any atom is -0.394 e. The van der Waals surface area contributed by atoms with Crippen LogP contribution in [0.15, 0.2) is 28.2 Å². The Labute approximate surface area is 139 Å². The van der Waals surface area contributed by atoms with Gasteiger partial charge in [0.15, 0.2) is 0 Å². The van der Waals surface area contributed by atoms with Crippen molar-refractivity contribution in [2.75, 3.05) is 6.61 Å². The molecule has 2 unspecified atom stereocenters. The molecule has 0 radical (unpaired) electrons. The van der Waals surface area contributed by atoms with Crippen LogP contribution in [0.3, 0.4) is 0 Å². The molecule has 25 heavy (non-hydrogen) atoms. The van der Waals surface area contributed by atoms with Gasteiger partial charge in [-0.2, -0.15) is 0 Å². The van der Waals surface area contributed by atoms with Gasteiger partial charge in [-0.3, -0.25) is 14.3 Å². The summed E-state index contributed by atoms with van der Waals surface area (Å²) < 4.78 is 7.63. The van der Waals surface area contributed by atoms with Gasteiger partial charge in [-0.25, -0.2) is 9.36 Å². The molecule has 0 amide bonds. The van der Waals surface area contributed by atoms with Gasteiger partial charge in [0.1, 0.15) is 31.3 Å². The summed E-state index contributed by atoms with van der Waals surface area (Å²) >= 11 is 0. The first-order valence-electron chi connectivity index (χ1n) is 7.35. The topological polar surface area (TPSA) is 166 Å². The summed E-state index contributed by atoms with van der Waals surface area (Å²) in [6.07, 6.45) is 1.20. The zero-order valence-electron chi connectivity index (χ0n) is 12.8. The lowest BCUT2D eigenvalue weighted by atomic mass is 10.2. The van der Waals surface area contributed by atoms with E-state index in [1.165, 1.54) is 18.6 Å². The number of hydrogen-bond donors (Lipinski definition) is 3. The van der Waals surface area contributed by atoms with Crippen LogP contribution in [-0.4, -0.2) is 53.1 Å². The van der Waals surface area contributed by atoms with E-state index < -0.39 is 47.2 Å². The van der Waals surface area contributed by atoms with Crippen molar-refractivity contribution in [3.63, 3.8) is 0 Å². The van der Waals surface area contributed by atoms with Crippen LogP contribution in [-0.2, 0) is 11.3 Å². The van der Waals surface area contributed by atoms with Crippen molar-refractivity contribution in [1.82, 2.24) is 19.1 Å². The molecule has 12 nitrogen and oxygen atoms in total. The number of imidazole rings is 1. The third-order valence-electron chi connectivity index (χ3n) is 3.93. The highest BCUT2D eigenvalue weighted by Gasteiger charge is 2.35. The molecule has 2 aromatic rings. The smallest absolute Gasteiger partial charge is 0.394 e. The van der Waals surface area contributed by atoms with Gasteiger partial charge in [0.2, 0.25) is 0 Å². The molecule has 0 aliphatic carbocycles. The van der Waals surface area contributed by atoms with E-state index in [4.69, 9.17) is 9.84 Å². The maximum Gasteiger partial charge on any atom is 0.434 e. The van der Waals surface area contributed by atoms with Crippen LogP contribution >= 0.6 is 0 Å². The first-order valence-corrected chi connectivity index (χ1v) is 7.35. The number of rotatable bonds is 5. The van der Waals surface area contributed by atoms with Crippen molar-refractivity contribution < 1.29 is 19.9 Å². The van der Waals surface area contributed by atoms with Crippen LogP contribution in [0.25, 0.3) is 0 Å². The molecule has 1 aliphatic rings. The lowest BCUT2D eigenvalue weighted by molar-refractivity contribution is -0.396. The molecule has 0 spiro atoms. The normalized spacial score (nSPS) is 23.0. The van der Waals surface area contributed by atoms with Crippen molar-refractivity contribution in [3.8, 4) is 0 Å². The van der Waals surface area contributed by atoms with E-state index in [1.807, 2.05) is 0 Å². The molecule has 3 heterocycles. The minimum absolute atomic E-state index is 0.0574. The van der Waals surface area contributed by atoms with Crippen LogP contribution in [0.2, 0.25) is 0 Å². The predicted octanol–water partition coefficient (Wildman–Crippen LogP) is -1.67. The molecule has 0 aromatic carbocycles. The third-order valence-corrected chi connectivity index (χ3v) is 3.93. The summed E-state index contributed by atoms with van der Waals surface area (Å²) in [6, 6.07) is 0. The number of aliphatic hydroxyl groups is 2. The lowest BCUT2D eigenvalue weighted by Crippen LogP contribution is -2.34. The molecular formula is C13H15N5O7. The SMILES string of the molecule is O=c1[nH]c(=O)n(C2C[C@@H](O)C(CO)O2)cc1Cn1ccnc1[N+](=O)[O-]. The Kier molecular flexibility index (Phi) is 4.48. The van der Waals surface area contributed by atoms with Crippen LogP contribution in [0, 0.1) is 10.1 Å². The number of H-pyrrole nitrogens is 1. The Morgan fingerprint density at radius 1 is 1.48 bits per heavy atom. The fourth-order valence-electron chi connectivity index (χ4n) is 2.68. The van der Waals surface area contributed by atoms with Crippen LogP contribution in [0.5, 0.6) is 0 Å². The van der Waals surface area contributed by atoms with Gasteiger partial charge >= 0.3 is 11.6 Å². The minimum atomic E-state index is -0.952. The van der Waals surface area contributed by atoms with Gasteiger partial charge < -0.3 is 25.1 Å². The van der Waals surface area contributed by atoms with Crippen molar-refractivity contribution in [1.29, 1.82) is 0 Å². The summed E-state index contributed by atoms with van der Waals surface area (Å²) in [7, 11) is 0. The molecule has 0 bridgehead atoms. The Morgan fingerprint density at radius 3 is 2.88 bits per heavy atom. The zero-order valence-corrected chi connectivity index (χ0v) is 12.8. The Hall–Kier alpha value is -2.83. The molecule has 134 valence electrons. The first kappa shape index (κ1) is 17.0. The largest absolute Gasteiger partial charge is 0.434 e. The van der Waals surface area contributed by atoms with Crippen molar-refractivity contribution >= 4 is 5.95 Å². The summed E-state index contributed by atoms with van der Waals surface area (Å²) in [4.78, 5) is 39.9. The summed E-state index contributed by atoms with van der Waals surface area (Å²) in [5, 5.41) is 29.8. The molecule has 1 saturated heterocycles. The number of nitrogens with one attached hydrogen (secondary N) is 1. The van der Waals surface area contributed by atoms with E-state index in [0.29, 0.717) is 0 Å². The van der Waals surface area contributed by atoms with Crippen molar-refractivity contribution in [3.05, 3.63) is 55.1 Å². The molecule has 12 heteroatoms. The van der Waals surface area contributed by atoms with Crippen LogP contribution < -0.4 is 11.2 Å². The van der Waals surface area contributed by atoms with E-state index >= 15 is 0 Å². The summed E-state index contributed by atoms with van der Waals surface area (Å²) in [5.74, 6) is -0.440. The third kappa shape index (κ3) is 3.22. The Morgan fingerprint density at radius 2 is 2.24 bits per heavy atom. The number of ether oxygens (including phenoxy) is 1. The van der Waals surface area contributed by atoms with Gasteiger partial charge in [-0.15, -0.1) is 0 Å². The van der Waals surface area contributed by atoms with Gasteiger partial charge in [0.25, 0.3) is 5.56 Å². The maximum absolute atomic E-state index is 12.0. The van der Waals surface area contributed by atoms with Gasteiger partial charge in [0.05, 0.1) is 18.3 Å². The Balaban J connectivity index is 1.94. The first-order chi connectivity index (χ1) is 11.9. The predicted molar refractivity (Wildman–Crippen MR) is 80.9 cm³/mol. The van der Waals surface area contributed by atoms with Crippen LogP contribution in [0.4, 0.5) is 5.95 Å². The van der Waals surface area contributed by atoms with E-state index in [1.54, 1.807) is 0 Å². The zero-order chi connectivity index (χ0) is 18.1. The van der Waals surface area contributed by atoms with Crippen molar-refractivity contribution in [2.24, 2.45) is 0 Å². The standard InChI is InChI=1S/C13H15N5O7/c19-6-9-8(20)3-10(25-9)17-5-7(11(21)15-13(17)22)4-16-2-1-14-12(16)18(23)24/h1-2,5,8-10,19-20H,3-4,6H2,(H,15,21,22)/t8-,9?,10?/m1/s1. The number of aromatic amines is 1. The molecule has 3 rings (SSSR count). The molecular weight excluding hydrogens is 338 g/mol. The lowest BCUT2D eigenvalue weighted by Gasteiger charge is -2.15. The van der Waals surface area contributed by atoms with E-state index in [9.17, 15) is 24.8 Å². The average molecular weight is 353 g/mol.